The summed E-state index contributed by atoms with van der Waals surface area (Å²) in [6.45, 7) is 7.18. The minimum Gasteiger partial charge on any atom is -0.341 e. The number of hydrogen-bond donors (Lipinski definition) is 0. The average molecular weight is 222 g/mol. The van der Waals surface area contributed by atoms with Gasteiger partial charge in [0.1, 0.15) is 0 Å². The van der Waals surface area contributed by atoms with Crippen molar-refractivity contribution in [3.63, 3.8) is 0 Å². The fourth-order valence-electron chi connectivity index (χ4n) is 2.41. The van der Waals surface area contributed by atoms with E-state index in [4.69, 9.17) is 6.42 Å². The monoisotopic (exact) mass is 222 g/mol. The molecular weight excluding hydrogens is 200 g/mol. The maximum absolute atomic E-state index is 12.0. The smallest absolute Gasteiger partial charge is 0.236 e. The van der Waals surface area contributed by atoms with Gasteiger partial charge in [-0.15, -0.1) is 6.42 Å². The Morgan fingerprint density at radius 3 is 2.50 bits per heavy atom. The van der Waals surface area contributed by atoms with Gasteiger partial charge >= 0.3 is 0 Å². The van der Waals surface area contributed by atoms with Crippen LogP contribution in [0.4, 0.5) is 0 Å². The van der Waals surface area contributed by atoms with Gasteiger partial charge in [-0.05, 0) is 25.3 Å². The summed E-state index contributed by atoms with van der Waals surface area (Å²) >= 11 is 0. The SMILES string of the molecule is C#CCN(C)CC(=O)N1C[C@@H](C)C[C@H](C)C1. The van der Waals surface area contributed by atoms with E-state index in [2.05, 4.69) is 19.8 Å². The number of hydrogen-bond acceptors (Lipinski definition) is 2. The van der Waals surface area contributed by atoms with Crippen molar-refractivity contribution in [2.45, 2.75) is 20.3 Å². The summed E-state index contributed by atoms with van der Waals surface area (Å²) in [6.07, 6.45) is 6.44. The maximum atomic E-state index is 12.0. The lowest BCUT2D eigenvalue weighted by Gasteiger charge is -2.35. The lowest BCUT2D eigenvalue weighted by Crippen LogP contribution is -2.46. The summed E-state index contributed by atoms with van der Waals surface area (Å²) < 4.78 is 0. The molecular formula is C13H22N2O. The summed E-state index contributed by atoms with van der Waals surface area (Å²) in [5.41, 5.74) is 0. The Balaban J connectivity index is 2.44. The van der Waals surface area contributed by atoms with Crippen LogP contribution in [0.2, 0.25) is 0 Å². The zero-order valence-corrected chi connectivity index (χ0v) is 10.6. The van der Waals surface area contributed by atoms with Gasteiger partial charge in [0.05, 0.1) is 13.1 Å². The molecule has 1 heterocycles. The van der Waals surface area contributed by atoms with Crippen LogP contribution in [0.5, 0.6) is 0 Å². The number of carbonyl (C=O) groups is 1. The Morgan fingerprint density at radius 2 is 2.00 bits per heavy atom. The normalized spacial score (nSPS) is 25.6. The molecule has 1 saturated heterocycles. The number of carbonyl (C=O) groups excluding carboxylic acids is 1. The Labute approximate surface area is 98.8 Å². The molecule has 0 spiro atoms. The van der Waals surface area contributed by atoms with Crippen molar-refractivity contribution in [1.29, 1.82) is 0 Å². The lowest BCUT2D eigenvalue weighted by atomic mass is 9.92. The average Bonchev–Trinajstić information content (AvgIpc) is 2.16. The largest absolute Gasteiger partial charge is 0.341 e. The van der Waals surface area contributed by atoms with Gasteiger partial charge < -0.3 is 4.90 Å². The predicted molar refractivity (Wildman–Crippen MR) is 65.9 cm³/mol. The molecule has 0 N–H and O–H groups in total. The summed E-state index contributed by atoms with van der Waals surface area (Å²) in [4.78, 5) is 15.8. The minimum atomic E-state index is 0.205. The fourth-order valence-corrected chi connectivity index (χ4v) is 2.41. The topological polar surface area (TPSA) is 23.6 Å². The first kappa shape index (κ1) is 13.1. The van der Waals surface area contributed by atoms with Gasteiger partial charge in [-0.25, -0.2) is 0 Å². The van der Waals surface area contributed by atoms with Gasteiger partial charge in [0.15, 0.2) is 0 Å². The van der Waals surface area contributed by atoms with E-state index in [9.17, 15) is 4.79 Å². The van der Waals surface area contributed by atoms with Crippen LogP contribution in [-0.4, -0.2) is 48.9 Å². The number of likely N-dealkylation sites (tertiary alicyclic amines) is 1. The van der Waals surface area contributed by atoms with Crippen molar-refractivity contribution in [1.82, 2.24) is 9.80 Å². The van der Waals surface area contributed by atoms with E-state index in [1.807, 2.05) is 16.8 Å². The van der Waals surface area contributed by atoms with Crippen molar-refractivity contribution in [2.75, 3.05) is 33.2 Å². The number of terminal acetylenes is 1. The molecule has 0 aromatic heterocycles. The molecule has 1 aliphatic heterocycles. The maximum Gasteiger partial charge on any atom is 0.236 e. The van der Waals surface area contributed by atoms with E-state index < -0.39 is 0 Å². The fraction of sp³-hybridized carbons (Fsp3) is 0.769. The molecule has 90 valence electrons. The Hall–Kier alpha value is -1.01. The van der Waals surface area contributed by atoms with Crippen LogP contribution in [0.3, 0.4) is 0 Å². The van der Waals surface area contributed by atoms with Crippen LogP contribution in [0.25, 0.3) is 0 Å². The number of amides is 1. The molecule has 1 rings (SSSR count). The highest BCUT2D eigenvalue weighted by Crippen LogP contribution is 2.20. The van der Waals surface area contributed by atoms with E-state index in [-0.39, 0.29) is 5.91 Å². The first-order valence-corrected chi connectivity index (χ1v) is 5.92. The van der Waals surface area contributed by atoms with Crippen LogP contribution in [-0.2, 0) is 4.79 Å². The molecule has 1 fully saturated rings. The van der Waals surface area contributed by atoms with Crippen molar-refractivity contribution >= 4 is 5.91 Å². The van der Waals surface area contributed by atoms with Gasteiger partial charge in [0.25, 0.3) is 0 Å². The van der Waals surface area contributed by atoms with Crippen LogP contribution < -0.4 is 0 Å². The first-order chi connectivity index (χ1) is 7.52. The highest BCUT2D eigenvalue weighted by atomic mass is 16.2. The summed E-state index contributed by atoms with van der Waals surface area (Å²) in [5, 5.41) is 0. The van der Waals surface area contributed by atoms with Crippen LogP contribution >= 0.6 is 0 Å². The molecule has 2 atom stereocenters. The molecule has 16 heavy (non-hydrogen) atoms. The van der Waals surface area contributed by atoms with Crippen molar-refractivity contribution < 1.29 is 4.79 Å². The molecule has 0 saturated carbocycles. The molecule has 1 amide bonds. The Morgan fingerprint density at radius 1 is 1.44 bits per heavy atom. The van der Waals surface area contributed by atoms with Gasteiger partial charge in [0, 0.05) is 13.1 Å². The summed E-state index contributed by atoms with van der Waals surface area (Å²) in [6, 6.07) is 0. The minimum absolute atomic E-state index is 0.205. The standard InChI is InChI=1S/C13H22N2O/c1-5-6-14(4)10-13(16)15-8-11(2)7-12(3)9-15/h1,11-12H,6-10H2,2-4H3/t11-,12-/m0/s1. The number of piperidine rings is 1. The first-order valence-electron chi connectivity index (χ1n) is 5.92. The second-order valence-electron chi connectivity index (χ2n) is 5.12. The number of nitrogens with zero attached hydrogens (tertiary/aromatic N) is 2. The number of rotatable bonds is 3. The molecule has 3 nitrogen and oxygen atoms in total. The third-order valence-corrected chi connectivity index (χ3v) is 2.99. The van der Waals surface area contributed by atoms with Gasteiger partial charge in [-0.2, -0.15) is 0 Å². The zero-order chi connectivity index (χ0) is 12.1. The number of likely N-dealkylation sites (N-methyl/N-ethyl adjacent to an activating group) is 1. The van der Waals surface area contributed by atoms with Crippen LogP contribution in [0.15, 0.2) is 0 Å². The van der Waals surface area contributed by atoms with E-state index >= 15 is 0 Å². The molecule has 0 aromatic rings. The summed E-state index contributed by atoms with van der Waals surface area (Å²) in [7, 11) is 1.88. The summed E-state index contributed by atoms with van der Waals surface area (Å²) in [5.74, 6) is 3.99. The molecule has 0 radical (unpaired) electrons. The molecule has 3 heteroatoms. The van der Waals surface area contributed by atoms with Crippen molar-refractivity contribution in [3.8, 4) is 12.3 Å². The quantitative estimate of drug-likeness (QED) is 0.667. The second kappa shape index (κ2) is 5.91. The zero-order valence-electron chi connectivity index (χ0n) is 10.6. The Bertz CT molecular complexity index is 272. The predicted octanol–water partition coefficient (Wildman–Crippen LogP) is 1.06. The van der Waals surface area contributed by atoms with E-state index in [0.717, 1.165) is 13.1 Å². The molecule has 0 bridgehead atoms. The van der Waals surface area contributed by atoms with Gasteiger partial charge in [0.2, 0.25) is 5.91 Å². The van der Waals surface area contributed by atoms with Crippen molar-refractivity contribution in [2.24, 2.45) is 11.8 Å². The molecule has 0 aliphatic carbocycles. The second-order valence-corrected chi connectivity index (χ2v) is 5.12. The molecule has 0 unspecified atom stereocenters. The van der Waals surface area contributed by atoms with E-state index in [1.165, 1.54) is 6.42 Å². The van der Waals surface area contributed by atoms with Crippen molar-refractivity contribution in [3.05, 3.63) is 0 Å². The highest BCUT2D eigenvalue weighted by molar-refractivity contribution is 5.78. The lowest BCUT2D eigenvalue weighted by molar-refractivity contribution is -0.134. The molecule has 1 aliphatic rings. The van der Waals surface area contributed by atoms with Gasteiger partial charge in [-0.3, -0.25) is 9.69 Å². The van der Waals surface area contributed by atoms with Gasteiger partial charge in [-0.1, -0.05) is 19.8 Å². The third kappa shape index (κ3) is 3.86. The third-order valence-electron chi connectivity index (χ3n) is 2.99. The van der Waals surface area contributed by atoms with E-state index in [0.29, 0.717) is 24.9 Å². The Kier molecular flexibility index (Phi) is 4.82. The van der Waals surface area contributed by atoms with E-state index in [1.54, 1.807) is 0 Å². The molecule has 0 aromatic carbocycles. The van der Waals surface area contributed by atoms with Crippen LogP contribution in [0, 0.1) is 24.2 Å². The van der Waals surface area contributed by atoms with Crippen LogP contribution in [0.1, 0.15) is 20.3 Å². The highest BCUT2D eigenvalue weighted by Gasteiger charge is 2.25.